The zero-order valence-corrected chi connectivity index (χ0v) is 11.4. The van der Waals surface area contributed by atoms with Gasteiger partial charge in [0.1, 0.15) is 0 Å². The molecule has 1 heterocycles. The van der Waals surface area contributed by atoms with Gasteiger partial charge in [-0.3, -0.25) is 9.88 Å². The number of rotatable bonds is 8. The molecule has 0 aliphatic carbocycles. The molecule has 0 aromatic carbocycles. The molecule has 0 aliphatic heterocycles. The van der Waals surface area contributed by atoms with Crippen LogP contribution in [-0.4, -0.2) is 47.3 Å². The Labute approximate surface area is 110 Å². The number of aliphatic hydroxyl groups excluding tert-OH is 1. The zero-order valence-electron chi connectivity index (χ0n) is 11.4. The highest BCUT2D eigenvalue weighted by Crippen LogP contribution is 2.08. The molecule has 18 heavy (non-hydrogen) atoms. The van der Waals surface area contributed by atoms with Crippen molar-refractivity contribution in [1.82, 2.24) is 9.88 Å². The van der Waals surface area contributed by atoms with E-state index in [4.69, 9.17) is 5.73 Å². The van der Waals surface area contributed by atoms with Gasteiger partial charge in [0.25, 0.3) is 0 Å². The normalized spacial score (nSPS) is 14.7. The van der Waals surface area contributed by atoms with E-state index in [0.29, 0.717) is 0 Å². The maximum absolute atomic E-state index is 9.46. The molecule has 0 spiro atoms. The standard InChI is InChI=1S/C14H25N3O/c1-3-4-13(15)14(11-18)17(2)10-7-12-5-8-16-9-6-12/h5-6,8-9,13-14,18H,3-4,7,10-11,15H2,1-2H3. The van der Waals surface area contributed by atoms with Crippen LogP contribution in [0.1, 0.15) is 25.3 Å². The number of likely N-dealkylation sites (N-methyl/N-ethyl adjacent to an activating group) is 1. The first kappa shape index (κ1) is 15.1. The molecule has 4 nitrogen and oxygen atoms in total. The predicted octanol–water partition coefficient (Wildman–Crippen LogP) is 1.04. The van der Waals surface area contributed by atoms with Crippen molar-refractivity contribution in [3.8, 4) is 0 Å². The Hall–Kier alpha value is -0.970. The van der Waals surface area contributed by atoms with Gasteiger partial charge in [0.2, 0.25) is 0 Å². The number of aromatic nitrogens is 1. The summed E-state index contributed by atoms with van der Waals surface area (Å²) in [7, 11) is 2.03. The fourth-order valence-electron chi connectivity index (χ4n) is 2.15. The summed E-state index contributed by atoms with van der Waals surface area (Å²) in [4.78, 5) is 6.16. The minimum absolute atomic E-state index is 0.0439. The van der Waals surface area contributed by atoms with Gasteiger partial charge in [-0.05, 0) is 37.6 Å². The molecule has 2 atom stereocenters. The van der Waals surface area contributed by atoms with E-state index in [9.17, 15) is 5.11 Å². The van der Waals surface area contributed by atoms with Crippen LogP contribution in [0.2, 0.25) is 0 Å². The second-order valence-corrected chi connectivity index (χ2v) is 4.79. The lowest BCUT2D eigenvalue weighted by atomic mass is 10.0. The number of hydrogen-bond donors (Lipinski definition) is 2. The highest BCUT2D eigenvalue weighted by molar-refractivity contribution is 5.09. The fourth-order valence-corrected chi connectivity index (χ4v) is 2.15. The predicted molar refractivity (Wildman–Crippen MR) is 74.3 cm³/mol. The van der Waals surface area contributed by atoms with E-state index >= 15 is 0 Å². The van der Waals surface area contributed by atoms with Crippen molar-refractivity contribution in [2.24, 2.45) is 5.73 Å². The summed E-state index contributed by atoms with van der Waals surface area (Å²) >= 11 is 0. The van der Waals surface area contributed by atoms with E-state index in [2.05, 4.69) is 16.8 Å². The summed E-state index contributed by atoms with van der Waals surface area (Å²) < 4.78 is 0. The summed E-state index contributed by atoms with van der Waals surface area (Å²) in [6.07, 6.45) is 6.57. The quantitative estimate of drug-likeness (QED) is 0.725. The zero-order chi connectivity index (χ0) is 13.4. The van der Waals surface area contributed by atoms with E-state index in [1.165, 1.54) is 5.56 Å². The number of nitrogens with two attached hydrogens (primary N) is 1. The maximum Gasteiger partial charge on any atom is 0.0601 e. The summed E-state index contributed by atoms with van der Waals surface area (Å²) in [5.41, 5.74) is 7.36. The Bertz CT molecular complexity index is 318. The summed E-state index contributed by atoms with van der Waals surface area (Å²) in [5, 5.41) is 9.46. The molecule has 0 bridgehead atoms. The van der Waals surface area contributed by atoms with Crippen LogP contribution in [0.5, 0.6) is 0 Å². The van der Waals surface area contributed by atoms with Crippen molar-refractivity contribution < 1.29 is 5.11 Å². The fraction of sp³-hybridized carbons (Fsp3) is 0.643. The van der Waals surface area contributed by atoms with Gasteiger partial charge >= 0.3 is 0 Å². The van der Waals surface area contributed by atoms with Gasteiger partial charge in [-0.15, -0.1) is 0 Å². The lowest BCUT2D eigenvalue weighted by Gasteiger charge is -2.31. The third-order valence-corrected chi connectivity index (χ3v) is 3.37. The molecule has 0 fully saturated rings. The Morgan fingerprint density at radius 1 is 1.39 bits per heavy atom. The highest BCUT2D eigenvalue weighted by atomic mass is 16.3. The second kappa shape index (κ2) is 8.19. The summed E-state index contributed by atoms with van der Waals surface area (Å²) in [6.45, 7) is 3.13. The molecule has 0 aliphatic rings. The van der Waals surface area contributed by atoms with Gasteiger partial charge in [-0.25, -0.2) is 0 Å². The molecule has 4 heteroatoms. The Balaban J connectivity index is 2.44. The van der Waals surface area contributed by atoms with Gasteiger partial charge < -0.3 is 10.8 Å². The van der Waals surface area contributed by atoms with Crippen molar-refractivity contribution in [3.63, 3.8) is 0 Å². The van der Waals surface area contributed by atoms with Gasteiger partial charge in [-0.1, -0.05) is 13.3 Å². The van der Waals surface area contributed by atoms with Crippen LogP contribution >= 0.6 is 0 Å². The average molecular weight is 251 g/mol. The topological polar surface area (TPSA) is 62.4 Å². The minimum Gasteiger partial charge on any atom is -0.395 e. The second-order valence-electron chi connectivity index (χ2n) is 4.79. The first-order valence-electron chi connectivity index (χ1n) is 6.64. The third-order valence-electron chi connectivity index (χ3n) is 3.37. The minimum atomic E-state index is 0.0439. The molecule has 0 saturated carbocycles. The van der Waals surface area contributed by atoms with Gasteiger partial charge in [0.15, 0.2) is 0 Å². The number of pyridine rings is 1. The van der Waals surface area contributed by atoms with Crippen molar-refractivity contribution in [3.05, 3.63) is 30.1 Å². The van der Waals surface area contributed by atoms with Gasteiger partial charge in [-0.2, -0.15) is 0 Å². The van der Waals surface area contributed by atoms with Crippen LogP contribution in [0.3, 0.4) is 0 Å². The molecule has 0 saturated heterocycles. The third kappa shape index (κ3) is 4.72. The summed E-state index contributed by atoms with van der Waals surface area (Å²) in [5.74, 6) is 0. The first-order chi connectivity index (χ1) is 8.69. The number of nitrogens with zero attached hydrogens (tertiary/aromatic N) is 2. The molecule has 2 unspecified atom stereocenters. The Kier molecular flexibility index (Phi) is 6.86. The van der Waals surface area contributed by atoms with Crippen molar-refractivity contribution in [2.45, 2.75) is 38.3 Å². The monoisotopic (exact) mass is 251 g/mol. The maximum atomic E-state index is 9.46. The van der Waals surface area contributed by atoms with Crippen LogP contribution in [0.25, 0.3) is 0 Å². The van der Waals surface area contributed by atoms with Crippen molar-refractivity contribution in [2.75, 3.05) is 20.2 Å². The molecule has 1 aromatic rings. The largest absolute Gasteiger partial charge is 0.395 e. The van der Waals surface area contributed by atoms with Crippen LogP contribution < -0.4 is 5.73 Å². The van der Waals surface area contributed by atoms with Gasteiger partial charge in [0.05, 0.1) is 6.61 Å². The van der Waals surface area contributed by atoms with Crippen LogP contribution in [-0.2, 0) is 6.42 Å². The SMILES string of the molecule is CCCC(N)C(CO)N(C)CCc1ccncc1. The van der Waals surface area contributed by atoms with Crippen molar-refractivity contribution in [1.29, 1.82) is 0 Å². The molecule has 1 rings (SSSR count). The van der Waals surface area contributed by atoms with E-state index in [1.807, 2.05) is 31.6 Å². The number of hydrogen-bond acceptors (Lipinski definition) is 4. The molecule has 102 valence electrons. The van der Waals surface area contributed by atoms with E-state index in [0.717, 1.165) is 25.8 Å². The molecule has 3 N–H and O–H groups in total. The van der Waals surface area contributed by atoms with Gasteiger partial charge in [0, 0.05) is 31.0 Å². The Morgan fingerprint density at radius 3 is 2.61 bits per heavy atom. The molecule has 1 aromatic heterocycles. The van der Waals surface area contributed by atoms with E-state index in [-0.39, 0.29) is 18.7 Å². The highest BCUT2D eigenvalue weighted by Gasteiger charge is 2.20. The van der Waals surface area contributed by atoms with E-state index < -0.39 is 0 Å². The molecule has 0 amide bonds. The average Bonchev–Trinajstić information content (AvgIpc) is 2.39. The van der Waals surface area contributed by atoms with Crippen LogP contribution in [0, 0.1) is 0 Å². The Morgan fingerprint density at radius 2 is 2.06 bits per heavy atom. The smallest absolute Gasteiger partial charge is 0.0601 e. The molecule has 0 radical (unpaired) electrons. The first-order valence-corrected chi connectivity index (χ1v) is 6.64. The lowest BCUT2D eigenvalue weighted by Crippen LogP contribution is -2.49. The van der Waals surface area contributed by atoms with Crippen LogP contribution in [0.15, 0.2) is 24.5 Å². The van der Waals surface area contributed by atoms with E-state index in [1.54, 1.807) is 0 Å². The molecular formula is C14H25N3O. The molecular weight excluding hydrogens is 226 g/mol. The summed E-state index contributed by atoms with van der Waals surface area (Å²) in [6, 6.07) is 4.14. The van der Waals surface area contributed by atoms with Crippen LogP contribution in [0.4, 0.5) is 0 Å². The van der Waals surface area contributed by atoms with Crippen molar-refractivity contribution >= 4 is 0 Å². The number of aliphatic hydroxyl groups is 1. The lowest BCUT2D eigenvalue weighted by molar-refractivity contribution is 0.124.